The molecule has 2 saturated carbocycles. The molecule has 0 radical (unpaired) electrons. The average Bonchev–Trinajstić information content (AvgIpc) is 3.37. The Kier molecular flexibility index (Phi) is 5.56. The van der Waals surface area contributed by atoms with Crippen molar-refractivity contribution in [3.05, 3.63) is 41.5 Å². The van der Waals surface area contributed by atoms with Crippen molar-refractivity contribution in [2.24, 2.45) is 28.3 Å². The number of rotatable bonds is 6. The Hall–Kier alpha value is -1.93. The molecule has 3 aliphatic rings. The van der Waals surface area contributed by atoms with Crippen molar-refractivity contribution >= 4 is 10.3 Å². The smallest absolute Gasteiger partial charge is 0.371 e. The van der Waals surface area contributed by atoms with E-state index >= 15 is 0 Å². The molecule has 0 bridgehead atoms. The molecule has 0 unspecified atom stereocenters. The van der Waals surface area contributed by atoms with E-state index in [0.717, 1.165) is 42.7 Å². The van der Waals surface area contributed by atoms with Crippen molar-refractivity contribution in [3.8, 4) is 5.75 Å². The molecule has 0 aliphatic heterocycles. The van der Waals surface area contributed by atoms with Crippen LogP contribution >= 0.6 is 0 Å². The average molecular weight is 459 g/mol. The van der Waals surface area contributed by atoms with E-state index in [9.17, 15) is 8.42 Å². The molecule has 174 valence electrons. The normalized spacial score (nSPS) is 31.6. The van der Waals surface area contributed by atoms with Gasteiger partial charge >= 0.3 is 10.3 Å². The summed E-state index contributed by atoms with van der Waals surface area (Å²) in [6, 6.07) is 4.16. The van der Waals surface area contributed by atoms with Crippen LogP contribution in [0.5, 0.6) is 5.75 Å². The number of aromatic nitrogens is 3. The van der Waals surface area contributed by atoms with Crippen LogP contribution in [0, 0.1) is 23.2 Å². The molecule has 1 aromatic carbocycles. The van der Waals surface area contributed by atoms with Crippen LogP contribution in [0.1, 0.15) is 75.0 Å². The Bertz CT molecular complexity index is 1080. The second-order valence-corrected chi connectivity index (χ2v) is 11.5. The minimum Gasteiger partial charge on any atom is -0.371 e. The lowest BCUT2D eigenvalue weighted by molar-refractivity contribution is 0.0246. The minimum atomic E-state index is -4.02. The number of benzene rings is 1. The fourth-order valence-electron chi connectivity index (χ4n) is 7.35. The summed E-state index contributed by atoms with van der Waals surface area (Å²) in [7, 11) is -4.02. The maximum atomic E-state index is 11.5. The maximum absolute atomic E-state index is 11.5. The molecule has 2 fully saturated rings. The highest BCUT2D eigenvalue weighted by atomic mass is 32.2. The topological polar surface area (TPSA) is 100 Å². The predicted octanol–water partition coefficient (Wildman–Crippen LogP) is 3.99. The third kappa shape index (κ3) is 3.85. The van der Waals surface area contributed by atoms with E-state index in [0.29, 0.717) is 17.1 Å². The monoisotopic (exact) mass is 458 g/mol. The van der Waals surface area contributed by atoms with Crippen LogP contribution in [0.25, 0.3) is 0 Å². The number of nitrogens with zero attached hydrogens (tertiary/aromatic N) is 3. The van der Waals surface area contributed by atoms with Gasteiger partial charge in [0.2, 0.25) is 0 Å². The molecule has 0 spiro atoms. The summed E-state index contributed by atoms with van der Waals surface area (Å²) >= 11 is 0. The highest BCUT2D eigenvalue weighted by Gasteiger charge is 2.54. The number of hydrogen-bond acceptors (Lipinski definition) is 5. The van der Waals surface area contributed by atoms with Gasteiger partial charge in [0.1, 0.15) is 18.4 Å². The molecule has 7 nitrogen and oxygen atoms in total. The van der Waals surface area contributed by atoms with Crippen molar-refractivity contribution in [2.75, 3.05) is 0 Å². The molecule has 2 aromatic rings. The molecule has 1 aromatic heterocycles. The van der Waals surface area contributed by atoms with E-state index in [1.54, 1.807) is 0 Å². The molecule has 1 heterocycles. The molecule has 5 atom stereocenters. The molecule has 3 aliphatic carbocycles. The zero-order valence-electron chi connectivity index (χ0n) is 19.0. The van der Waals surface area contributed by atoms with Gasteiger partial charge in [0, 0.05) is 6.54 Å². The van der Waals surface area contributed by atoms with Crippen LogP contribution < -0.4 is 9.32 Å². The Balaban J connectivity index is 1.38. The number of aryl methyl sites for hydroxylation is 3. The first-order valence-corrected chi connectivity index (χ1v) is 13.5. The van der Waals surface area contributed by atoms with Crippen molar-refractivity contribution in [1.29, 1.82) is 0 Å². The van der Waals surface area contributed by atoms with E-state index in [-0.39, 0.29) is 0 Å². The van der Waals surface area contributed by atoms with Gasteiger partial charge in [-0.15, -0.1) is 10.2 Å². The minimum absolute atomic E-state index is 0.405. The third-order valence-corrected chi connectivity index (χ3v) is 9.30. The van der Waals surface area contributed by atoms with Crippen molar-refractivity contribution in [1.82, 2.24) is 14.8 Å². The van der Waals surface area contributed by atoms with Gasteiger partial charge in [0.15, 0.2) is 0 Å². The second kappa shape index (κ2) is 8.13. The van der Waals surface area contributed by atoms with Gasteiger partial charge in [0.25, 0.3) is 0 Å². The van der Waals surface area contributed by atoms with Crippen molar-refractivity contribution in [2.45, 2.75) is 77.7 Å². The van der Waals surface area contributed by atoms with Gasteiger partial charge in [-0.3, -0.25) is 0 Å². The first-order valence-electron chi connectivity index (χ1n) is 12.0. The van der Waals surface area contributed by atoms with E-state index in [1.165, 1.54) is 49.7 Å². The Labute approximate surface area is 191 Å². The largest absolute Gasteiger partial charge is 0.380 e. The summed E-state index contributed by atoms with van der Waals surface area (Å²) in [6.45, 7) is 5.59. The van der Waals surface area contributed by atoms with Crippen LogP contribution in [0.3, 0.4) is 0 Å². The van der Waals surface area contributed by atoms with Gasteiger partial charge in [-0.05, 0) is 103 Å². The number of nitrogens with two attached hydrogens (primary N) is 1. The summed E-state index contributed by atoms with van der Waals surface area (Å²) in [5.74, 6) is 3.22. The molecule has 5 rings (SSSR count). The van der Waals surface area contributed by atoms with Crippen LogP contribution in [-0.4, -0.2) is 23.2 Å². The number of hydrogen-bond donors (Lipinski definition) is 1. The molecule has 2 N–H and O–H groups in total. The van der Waals surface area contributed by atoms with E-state index in [1.807, 2.05) is 25.6 Å². The molecular formula is C24H34N4O3S. The third-order valence-electron chi connectivity index (χ3n) is 8.89. The summed E-state index contributed by atoms with van der Waals surface area (Å²) in [5, 5.41) is 13.0. The second-order valence-electron chi connectivity index (χ2n) is 10.3. The maximum Gasteiger partial charge on any atom is 0.380 e. The molecule has 0 saturated heterocycles. The van der Waals surface area contributed by atoms with Gasteiger partial charge in [-0.2, -0.15) is 13.6 Å². The Morgan fingerprint density at radius 2 is 1.97 bits per heavy atom. The number of fused-ring (bicyclic) bond motifs is 5. The SMILES string of the molecule is CCc1cc2c(cc1OS(N)(=O)=O)CC[C@@H]1[C@@H]2CC[C@]2(C)[C@@H](CCn3cnnc3)CC[C@@H]12. The zero-order chi connectivity index (χ0) is 22.5. The summed E-state index contributed by atoms with van der Waals surface area (Å²) in [5.41, 5.74) is 4.02. The van der Waals surface area contributed by atoms with Crippen LogP contribution in [0.15, 0.2) is 24.8 Å². The molecule has 8 heteroatoms. The van der Waals surface area contributed by atoms with Gasteiger partial charge in [-0.25, -0.2) is 0 Å². The lowest BCUT2D eigenvalue weighted by Crippen LogP contribution is -2.42. The molecule has 0 amide bonds. The van der Waals surface area contributed by atoms with Gasteiger partial charge < -0.3 is 8.75 Å². The first-order chi connectivity index (χ1) is 15.3. The molecule has 32 heavy (non-hydrogen) atoms. The van der Waals surface area contributed by atoms with Crippen molar-refractivity contribution < 1.29 is 12.6 Å². The zero-order valence-corrected chi connectivity index (χ0v) is 19.9. The highest BCUT2D eigenvalue weighted by Crippen LogP contribution is 2.63. The molecular weight excluding hydrogens is 424 g/mol. The standard InChI is InChI=1S/C24H34N4O3S/c1-3-16-12-21-17(13-23(16)31-32(25,29)30)4-6-20-19(21)8-10-24(2)18(5-7-22(20)24)9-11-28-14-26-27-15-28/h12-15,18-20,22H,3-11H2,1-2H3,(H2,25,29,30)/t18-,19+,20-,22+,24-/m1/s1. The quantitative estimate of drug-likeness (QED) is 0.706. The van der Waals surface area contributed by atoms with Gasteiger partial charge in [0.05, 0.1) is 0 Å². The summed E-state index contributed by atoms with van der Waals surface area (Å²) in [6.07, 6.45) is 12.9. The predicted molar refractivity (Wildman–Crippen MR) is 122 cm³/mol. The van der Waals surface area contributed by atoms with Crippen molar-refractivity contribution in [3.63, 3.8) is 0 Å². The fourth-order valence-corrected chi connectivity index (χ4v) is 7.76. The van der Waals surface area contributed by atoms with E-state index in [2.05, 4.69) is 27.8 Å². The highest BCUT2D eigenvalue weighted by molar-refractivity contribution is 7.84. The van der Waals surface area contributed by atoms with Crippen LogP contribution in [0.4, 0.5) is 0 Å². The van der Waals surface area contributed by atoms with Crippen LogP contribution in [-0.2, 0) is 29.7 Å². The van der Waals surface area contributed by atoms with E-state index < -0.39 is 10.3 Å². The Morgan fingerprint density at radius 1 is 1.19 bits per heavy atom. The Morgan fingerprint density at radius 3 is 2.69 bits per heavy atom. The van der Waals surface area contributed by atoms with E-state index in [4.69, 9.17) is 9.32 Å². The fraction of sp³-hybridized carbons (Fsp3) is 0.667. The first kappa shape index (κ1) is 21.9. The van der Waals surface area contributed by atoms with Gasteiger partial charge in [-0.1, -0.05) is 19.9 Å². The lowest BCUT2D eigenvalue weighted by atomic mass is 9.54. The lowest BCUT2D eigenvalue weighted by Gasteiger charge is -2.51. The summed E-state index contributed by atoms with van der Waals surface area (Å²) < 4.78 is 30.3. The van der Waals surface area contributed by atoms with Crippen LogP contribution in [0.2, 0.25) is 0 Å². The summed E-state index contributed by atoms with van der Waals surface area (Å²) in [4.78, 5) is 0.